The number of allylic oxidation sites excluding steroid dienone is 4. The number of carbonyl (C=O) groups excluding carboxylic acids is 3. The second-order valence-electron chi connectivity index (χ2n) is 22.4. The molecule has 0 rings (SSSR count). The Balaban J connectivity index is 4.15. The van der Waals surface area contributed by atoms with Crippen molar-refractivity contribution in [2.24, 2.45) is 0 Å². The van der Waals surface area contributed by atoms with Crippen LogP contribution in [0.1, 0.15) is 367 Å². The van der Waals surface area contributed by atoms with Gasteiger partial charge in [0, 0.05) is 19.3 Å². The van der Waals surface area contributed by atoms with Crippen LogP contribution >= 0.6 is 0 Å². The maximum absolute atomic E-state index is 12.9. The molecule has 0 saturated heterocycles. The summed E-state index contributed by atoms with van der Waals surface area (Å²) in [5.74, 6) is -0.847. The maximum atomic E-state index is 12.9. The van der Waals surface area contributed by atoms with E-state index in [1.165, 1.54) is 263 Å². The highest BCUT2D eigenvalue weighted by atomic mass is 16.6. The largest absolute Gasteiger partial charge is 0.462 e. The van der Waals surface area contributed by atoms with Crippen LogP contribution in [0.2, 0.25) is 0 Å². The zero-order valence-electron chi connectivity index (χ0n) is 49.4. The van der Waals surface area contributed by atoms with Crippen LogP contribution in [0, 0.1) is 0 Å². The Hall–Kier alpha value is -2.11. The van der Waals surface area contributed by atoms with E-state index in [0.29, 0.717) is 19.3 Å². The molecule has 0 fully saturated rings. The molecule has 0 aliphatic rings. The van der Waals surface area contributed by atoms with E-state index in [9.17, 15) is 14.4 Å². The van der Waals surface area contributed by atoms with E-state index >= 15 is 0 Å². The number of hydrogen-bond donors (Lipinski definition) is 0. The van der Waals surface area contributed by atoms with Crippen molar-refractivity contribution in [1.29, 1.82) is 0 Å². The minimum atomic E-state index is -0.769. The summed E-state index contributed by atoms with van der Waals surface area (Å²) in [5, 5.41) is 0. The summed E-state index contributed by atoms with van der Waals surface area (Å²) in [7, 11) is 0. The van der Waals surface area contributed by atoms with Crippen molar-refractivity contribution in [1.82, 2.24) is 0 Å². The fourth-order valence-electron chi connectivity index (χ4n) is 10.0. The van der Waals surface area contributed by atoms with E-state index in [4.69, 9.17) is 14.2 Å². The fourth-order valence-corrected chi connectivity index (χ4v) is 10.0. The number of hydrogen-bond acceptors (Lipinski definition) is 6. The van der Waals surface area contributed by atoms with Crippen LogP contribution in [-0.2, 0) is 28.6 Å². The molecule has 6 nitrogen and oxygen atoms in total. The van der Waals surface area contributed by atoms with Gasteiger partial charge in [-0.25, -0.2) is 0 Å². The van der Waals surface area contributed by atoms with Gasteiger partial charge in [0.15, 0.2) is 6.10 Å². The van der Waals surface area contributed by atoms with Gasteiger partial charge in [-0.2, -0.15) is 0 Å². The Kier molecular flexibility index (Phi) is 60.6. The van der Waals surface area contributed by atoms with Gasteiger partial charge in [0.05, 0.1) is 0 Å². The molecule has 0 aromatic heterocycles. The normalized spacial score (nSPS) is 12.1. The summed E-state index contributed by atoms with van der Waals surface area (Å²) in [4.78, 5) is 38.2. The molecule has 0 aliphatic heterocycles. The quantitative estimate of drug-likeness (QED) is 0.0261. The highest BCUT2D eigenvalue weighted by Gasteiger charge is 2.19. The number of esters is 3. The molecule has 1 unspecified atom stereocenters. The van der Waals surface area contributed by atoms with Crippen LogP contribution in [0.3, 0.4) is 0 Å². The van der Waals surface area contributed by atoms with Crippen LogP contribution in [-0.4, -0.2) is 37.2 Å². The Labute approximate surface area is 455 Å². The average molecular weight is 1030 g/mol. The lowest BCUT2D eigenvalue weighted by Crippen LogP contribution is -2.30. The SMILES string of the molecule is CCCCC/C=C\C/C=C\CCCCCCCCCCCC(=O)OC(COC(=O)CCCCCCCCCCCC)COC(=O)CCCCCCCCCCCCCCCCCCCCCCCCCCCC. The summed E-state index contributed by atoms with van der Waals surface area (Å²) < 4.78 is 16.9. The molecule has 0 saturated carbocycles. The van der Waals surface area contributed by atoms with Crippen molar-refractivity contribution in [2.45, 2.75) is 374 Å². The van der Waals surface area contributed by atoms with Crippen LogP contribution in [0.4, 0.5) is 0 Å². The van der Waals surface area contributed by atoms with Crippen molar-refractivity contribution in [2.75, 3.05) is 13.2 Å². The summed E-state index contributed by atoms with van der Waals surface area (Å²) in [6, 6.07) is 0. The van der Waals surface area contributed by atoms with Crippen LogP contribution in [0.25, 0.3) is 0 Å². The van der Waals surface area contributed by atoms with Gasteiger partial charge < -0.3 is 14.2 Å². The lowest BCUT2D eigenvalue weighted by atomic mass is 10.0. The van der Waals surface area contributed by atoms with Gasteiger partial charge >= 0.3 is 17.9 Å². The van der Waals surface area contributed by atoms with Gasteiger partial charge in [0.25, 0.3) is 0 Å². The van der Waals surface area contributed by atoms with Gasteiger partial charge in [-0.3, -0.25) is 14.4 Å². The minimum Gasteiger partial charge on any atom is -0.462 e. The van der Waals surface area contributed by atoms with E-state index in [1.54, 1.807) is 0 Å². The van der Waals surface area contributed by atoms with Gasteiger partial charge in [0.2, 0.25) is 0 Å². The smallest absolute Gasteiger partial charge is 0.306 e. The van der Waals surface area contributed by atoms with Crippen molar-refractivity contribution in [3.05, 3.63) is 24.3 Å². The zero-order chi connectivity index (χ0) is 52.9. The molecule has 0 bridgehead atoms. The lowest BCUT2D eigenvalue weighted by Gasteiger charge is -2.18. The molecule has 73 heavy (non-hydrogen) atoms. The lowest BCUT2D eigenvalue weighted by molar-refractivity contribution is -0.167. The fraction of sp³-hybridized carbons (Fsp3) is 0.896. The maximum Gasteiger partial charge on any atom is 0.306 e. The van der Waals surface area contributed by atoms with Crippen molar-refractivity contribution in [3.8, 4) is 0 Å². The first-order valence-corrected chi connectivity index (χ1v) is 32.8. The highest BCUT2D eigenvalue weighted by molar-refractivity contribution is 5.71. The standard InChI is InChI=1S/C67H126O6/c1-4-7-10-13-16-19-22-24-26-28-30-31-32-33-34-35-36-38-39-41-43-45-48-51-54-57-60-66(69)72-63-64(62-71-65(68)59-56-53-50-47-21-18-15-12-9-6-3)73-67(70)61-58-55-52-49-46-44-42-40-37-29-27-25-23-20-17-14-11-8-5-2/h17,20,25,27,64H,4-16,18-19,21-24,26,28-63H2,1-3H3/b20-17-,27-25-. The zero-order valence-corrected chi connectivity index (χ0v) is 49.4. The van der Waals surface area contributed by atoms with Crippen LogP contribution in [0.15, 0.2) is 24.3 Å². The van der Waals surface area contributed by atoms with E-state index < -0.39 is 6.10 Å². The van der Waals surface area contributed by atoms with E-state index in [2.05, 4.69) is 45.1 Å². The van der Waals surface area contributed by atoms with E-state index in [1.807, 2.05) is 0 Å². The van der Waals surface area contributed by atoms with Crippen molar-refractivity contribution in [3.63, 3.8) is 0 Å². The molecule has 0 amide bonds. The molecule has 0 aromatic rings. The van der Waals surface area contributed by atoms with Crippen molar-refractivity contribution >= 4 is 17.9 Å². The first-order valence-electron chi connectivity index (χ1n) is 32.8. The van der Waals surface area contributed by atoms with Gasteiger partial charge in [-0.05, 0) is 51.4 Å². The minimum absolute atomic E-state index is 0.0671. The molecule has 1 atom stereocenters. The summed E-state index contributed by atoms with van der Waals surface area (Å²) in [5.41, 5.74) is 0. The Morgan fingerprint density at radius 3 is 0.781 bits per heavy atom. The predicted octanol–water partition coefficient (Wildman–Crippen LogP) is 22.2. The van der Waals surface area contributed by atoms with Crippen LogP contribution in [0.5, 0.6) is 0 Å². The Morgan fingerprint density at radius 1 is 0.274 bits per heavy atom. The molecule has 0 aliphatic carbocycles. The molecule has 430 valence electrons. The van der Waals surface area contributed by atoms with Gasteiger partial charge in [0.1, 0.15) is 13.2 Å². The Morgan fingerprint density at radius 2 is 0.493 bits per heavy atom. The van der Waals surface area contributed by atoms with Gasteiger partial charge in [-0.1, -0.05) is 321 Å². The third-order valence-corrected chi connectivity index (χ3v) is 15.0. The van der Waals surface area contributed by atoms with E-state index in [0.717, 1.165) is 64.2 Å². The summed E-state index contributed by atoms with van der Waals surface area (Å²) in [6.45, 7) is 6.67. The van der Waals surface area contributed by atoms with Crippen LogP contribution < -0.4 is 0 Å². The predicted molar refractivity (Wildman–Crippen MR) is 316 cm³/mol. The third kappa shape index (κ3) is 60.6. The Bertz CT molecular complexity index is 1180. The number of ether oxygens (including phenoxy) is 3. The topological polar surface area (TPSA) is 78.9 Å². The summed E-state index contributed by atoms with van der Waals surface area (Å²) in [6.07, 6.45) is 74.9. The molecule has 0 aromatic carbocycles. The molecule has 6 heteroatoms. The number of unbranched alkanes of at least 4 members (excludes halogenated alkanes) is 46. The highest BCUT2D eigenvalue weighted by Crippen LogP contribution is 2.18. The number of carbonyl (C=O) groups is 3. The second kappa shape index (κ2) is 62.4. The second-order valence-corrected chi connectivity index (χ2v) is 22.4. The summed E-state index contributed by atoms with van der Waals surface area (Å²) >= 11 is 0. The molecular formula is C67H126O6. The molecule has 0 spiro atoms. The first-order chi connectivity index (χ1) is 36.0. The van der Waals surface area contributed by atoms with E-state index in [-0.39, 0.29) is 31.1 Å². The van der Waals surface area contributed by atoms with Gasteiger partial charge in [-0.15, -0.1) is 0 Å². The first kappa shape index (κ1) is 70.9. The third-order valence-electron chi connectivity index (χ3n) is 15.0. The number of rotatable bonds is 61. The monoisotopic (exact) mass is 1030 g/mol. The average Bonchev–Trinajstić information content (AvgIpc) is 3.39. The molecular weight excluding hydrogens is 901 g/mol. The van der Waals surface area contributed by atoms with Crippen molar-refractivity contribution < 1.29 is 28.6 Å². The molecule has 0 radical (unpaired) electrons. The molecule has 0 N–H and O–H groups in total. The molecule has 0 heterocycles.